The normalized spacial score (nSPS) is 21.6. The third kappa shape index (κ3) is 4.11. The first kappa shape index (κ1) is 20.9. The minimum absolute atomic E-state index is 0.129. The van der Waals surface area contributed by atoms with Crippen LogP contribution in [0.2, 0.25) is 0 Å². The van der Waals surface area contributed by atoms with Crippen molar-refractivity contribution in [3.05, 3.63) is 23.7 Å². The number of amides is 1. The number of carbonyl (C=O) groups excluding carboxylic acids is 1. The fourth-order valence-electron chi connectivity index (χ4n) is 3.41. The second-order valence-electron chi connectivity index (χ2n) is 7.11. The molecule has 1 fully saturated rings. The van der Waals surface area contributed by atoms with Gasteiger partial charge < -0.3 is 31.3 Å². The molecule has 2 aromatic heterocycles. The van der Waals surface area contributed by atoms with Crippen LogP contribution in [-0.2, 0) is 9.53 Å². The van der Waals surface area contributed by atoms with E-state index in [-0.39, 0.29) is 23.0 Å². The minimum Gasteiger partial charge on any atom is -0.506 e. The van der Waals surface area contributed by atoms with Crippen molar-refractivity contribution in [1.29, 1.82) is 0 Å². The number of aliphatic hydroxyl groups is 2. The third-order valence-electron chi connectivity index (χ3n) is 5.00. The molecule has 0 radical (unpaired) electrons. The number of likely N-dealkylation sites (N-methyl/N-ethyl adjacent to an activating group) is 1. The van der Waals surface area contributed by atoms with Gasteiger partial charge in [-0.05, 0) is 12.8 Å². The first-order chi connectivity index (χ1) is 15.0. The van der Waals surface area contributed by atoms with Gasteiger partial charge in [0.15, 0.2) is 23.3 Å². The Labute approximate surface area is 178 Å². The van der Waals surface area contributed by atoms with E-state index in [4.69, 9.17) is 10.5 Å². The summed E-state index contributed by atoms with van der Waals surface area (Å²) < 4.78 is 6.92. The van der Waals surface area contributed by atoms with Crippen LogP contribution in [0.25, 0.3) is 11.2 Å². The number of nitrogens with one attached hydrogen (secondary N) is 2. The smallest absolute Gasteiger partial charge is 0.290 e. The quantitative estimate of drug-likeness (QED) is 0.361. The van der Waals surface area contributed by atoms with E-state index in [9.17, 15) is 15.0 Å². The van der Waals surface area contributed by atoms with Crippen LogP contribution in [-0.4, -0.2) is 85.9 Å². The molecule has 0 saturated carbocycles. The van der Waals surface area contributed by atoms with Crippen LogP contribution < -0.4 is 16.4 Å². The number of fused-ring (bicyclic) bond motifs is 1. The molecule has 1 unspecified atom stereocenters. The van der Waals surface area contributed by atoms with Gasteiger partial charge in [-0.1, -0.05) is 5.92 Å². The Morgan fingerprint density at radius 3 is 2.94 bits per heavy atom. The van der Waals surface area contributed by atoms with Crippen LogP contribution in [0.15, 0.2) is 17.8 Å². The van der Waals surface area contributed by atoms with E-state index in [1.807, 2.05) is 0 Å². The predicted molar refractivity (Wildman–Crippen MR) is 110 cm³/mol. The zero-order chi connectivity index (χ0) is 22.0. The third-order valence-corrected chi connectivity index (χ3v) is 5.00. The molecule has 4 heterocycles. The molecule has 1 saturated heterocycles. The summed E-state index contributed by atoms with van der Waals surface area (Å²) in [6.07, 6.45) is -1.26. The summed E-state index contributed by atoms with van der Waals surface area (Å²) in [6.45, 7) is 6.36. The molecular formula is C19H24N8O4. The summed E-state index contributed by atoms with van der Waals surface area (Å²) >= 11 is 0. The van der Waals surface area contributed by atoms with E-state index < -0.39 is 24.0 Å². The van der Waals surface area contributed by atoms with E-state index in [0.29, 0.717) is 18.6 Å². The Kier molecular flexibility index (Phi) is 5.90. The van der Waals surface area contributed by atoms with Crippen molar-refractivity contribution in [2.24, 2.45) is 0 Å². The Bertz CT molecular complexity index is 1080. The summed E-state index contributed by atoms with van der Waals surface area (Å²) in [7, 11) is 0. The lowest BCUT2D eigenvalue weighted by atomic mass is 10.2. The van der Waals surface area contributed by atoms with Crippen LogP contribution in [0.4, 0.5) is 5.82 Å². The fourth-order valence-corrected chi connectivity index (χ4v) is 3.41. The van der Waals surface area contributed by atoms with E-state index in [2.05, 4.69) is 42.3 Å². The van der Waals surface area contributed by atoms with Gasteiger partial charge in [0, 0.05) is 32.7 Å². The number of carbonyl (C=O) groups is 1. The zero-order valence-electron chi connectivity index (χ0n) is 17.0. The lowest BCUT2D eigenvalue weighted by molar-refractivity contribution is -0.122. The average Bonchev–Trinajstić information content (AvgIpc) is 3.31. The van der Waals surface area contributed by atoms with Crippen LogP contribution in [0, 0.1) is 11.8 Å². The van der Waals surface area contributed by atoms with Crippen molar-refractivity contribution in [3.63, 3.8) is 0 Å². The highest BCUT2D eigenvalue weighted by Crippen LogP contribution is 2.33. The molecule has 6 N–H and O–H groups in total. The minimum atomic E-state index is -1.48. The summed E-state index contributed by atoms with van der Waals surface area (Å²) in [5.74, 6) is 4.77. The number of anilines is 1. The first-order valence-electron chi connectivity index (χ1n) is 9.97. The number of aromatic nitrogens is 4. The van der Waals surface area contributed by atoms with Crippen molar-refractivity contribution < 1.29 is 19.7 Å². The first-order valence-corrected chi connectivity index (χ1v) is 9.97. The number of piperazine rings is 1. The van der Waals surface area contributed by atoms with Crippen LogP contribution in [0.5, 0.6) is 0 Å². The highest BCUT2D eigenvalue weighted by molar-refractivity contribution is 5.92. The highest BCUT2D eigenvalue weighted by Gasteiger charge is 2.40. The van der Waals surface area contributed by atoms with Crippen LogP contribution in [0.1, 0.15) is 19.0 Å². The van der Waals surface area contributed by atoms with Crippen molar-refractivity contribution in [3.8, 4) is 11.8 Å². The average molecular weight is 428 g/mol. The number of aliphatic hydroxyl groups excluding tert-OH is 2. The van der Waals surface area contributed by atoms with Crippen molar-refractivity contribution >= 4 is 22.9 Å². The molecule has 12 heteroatoms. The van der Waals surface area contributed by atoms with Gasteiger partial charge in [-0.3, -0.25) is 14.3 Å². The van der Waals surface area contributed by atoms with Gasteiger partial charge in [-0.25, -0.2) is 15.0 Å². The topological polar surface area (TPSA) is 164 Å². The molecule has 0 bridgehead atoms. The molecule has 4 rings (SSSR count). The van der Waals surface area contributed by atoms with E-state index >= 15 is 0 Å². The number of nitrogens with two attached hydrogens (primary N) is 1. The lowest BCUT2D eigenvalue weighted by Gasteiger charge is -2.24. The van der Waals surface area contributed by atoms with E-state index in [1.54, 1.807) is 6.92 Å². The van der Waals surface area contributed by atoms with Gasteiger partial charge in [-0.15, -0.1) is 0 Å². The maximum absolute atomic E-state index is 12.1. The van der Waals surface area contributed by atoms with E-state index in [1.165, 1.54) is 10.9 Å². The lowest BCUT2D eigenvalue weighted by Crippen LogP contribution is -2.43. The van der Waals surface area contributed by atoms with Crippen LogP contribution >= 0.6 is 0 Å². The molecule has 0 spiro atoms. The van der Waals surface area contributed by atoms with Crippen LogP contribution in [0.3, 0.4) is 0 Å². The second kappa shape index (κ2) is 8.76. The molecule has 1 amide bonds. The summed E-state index contributed by atoms with van der Waals surface area (Å²) in [5, 5.41) is 26.4. The Balaban J connectivity index is 1.59. The predicted octanol–water partition coefficient (Wildman–Crippen LogP) is -1.54. The number of rotatable bonds is 4. The molecule has 31 heavy (non-hydrogen) atoms. The van der Waals surface area contributed by atoms with E-state index in [0.717, 1.165) is 26.2 Å². The molecule has 2 aromatic rings. The van der Waals surface area contributed by atoms with Gasteiger partial charge in [0.2, 0.25) is 17.8 Å². The van der Waals surface area contributed by atoms with Gasteiger partial charge in [0.1, 0.15) is 11.8 Å². The monoisotopic (exact) mass is 428 g/mol. The number of ether oxygens (including phenoxy) is 1. The Morgan fingerprint density at radius 2 is 2.19 bits per heavy atom. The highest BCUT2D eigenvalue weighted by atomic mass is 16.5. The Hall–Kier alpha value is -3.40. The molecule has 164 valence electrons. The molecule has 2 aliphatic heterocycles. The zero-order valence-corrected chi connectivity index (χ0v) is 17.0. The fraction of sp³-hybridized carbons (Fsp3) is 0.474. The largest absolute Gasteiger partial charge is 0.506 e. The number of imidazole rings is 1. The summed E-state index contributed by atoms with van der Waals surface area (Å²) in [5.41, 5.74) is 6.59. The van der Waals surface area contributed by atoms with Gasteiger partial charge in [0.25, 0.3) is 5.91 Å². The molecular weight excluding hydrogens is 404 g/mol. The van der Waals surface area contributed by atoms with Crippen molar-refractivity contribution in [1.82, 2.24) is 35.1 Å². The standard InChI is InChI=1S/C19H24N8O4/c1-2-22-18(30)15-13(28)14(29)19(31-15)27-10-23-12-16(20)24-11(25-17(12)27)4-3-7-26-8-5-21-6-9-26/h10,14,19,21,28-29H,2,5-9H2,1H3,(H,22,30)(H2,20,24,25)/t14?,19-/m1/s1. The SMILES string of the molecule is CCNC(=O)C1=C(O)C(O)[C@H](n2cnc3c(N)nc(C#CCN4CCNCC4)nc32)O1. The molecule has 2 aliphatic rings. The number of nitrogen functional groups attached to an aromatic ring is 1. The van der Waals surface area contributed by atoms with Crippen molar-refractivity contribution in [2.75, 3.05) is 45.0 Å². The van der Waals surface area contributed by atoms with Crippen molar-refractivity contribution in [2.45, 2.75) is 19.3 Å². The maximum Gasteiger partial charge on any atom is 0.290 e. The molecule has 2 atom stereocenters. The number of hydrogen-bond acceptors (Lipinski definition) is 10. The Morgan fingerprint density at radius 1 is 1.42 bits per heavy atom. The molecule has 0 aliphatic carbocycles. The number of nitrogens with zero attached hydrogens (tertiary/aromatic N) is 5. The maximum atomic E-state index is 12.1. The van der Waals surface area contributed by atoms with Gasteiger partial charge in [0.05, 0.1) is 6.54 Å². The van der Waals surface area contributed by atoms with Gasteiger partial charge >= 0.3 is 0 Å². The second-order valence-corrected chi connectivity index (χ2v) is 7.11. The summed E-state index contributed by atoms with van der Waals surface area (Å²) in [6, 6.07) is 0. The number of hydrogen-bond donors (Lipinski definition) is 5. The van der Waals surface area contributed by atoms with Gasteiger partial charge in [-0.2, -0.15) is 0 Å². The molecule has 0 aromatic carbocycles. The molecule has 12 nitrogen and oxygen atoms in total. The summed E-state index contributed by atoms with van der Waals surface area (Å²) in [4.78, 5) is 27.1.